The number of hydrogen-bond donors (Lipinski definition) is 0. The van der Waals surface area contributed by atoms with Crippen molar-refractivity contribution in [3.05, 3.63) is 23.8 Å². The predicted octanol–water partition coefficient (Wildman–Crippen LogP) is 3.15. The van der Waals surface area contributed by atoms with E-state index in [9.17, 15) is 4.79 Å². The van der Waals surface area contributed by atoms with Crippen molar-refractivity contribution in [2.45, 2.75) is 33.1 Å². The van der Waals surface area contributed by atoms with E-state index in [0.717, 1.165) is 13.1 Å². The van der Waals surface area contributed by atoms with E-state index in [1.165, 1.54) is 19.3 Å². The summed E-state index contributed by atoms with van der Waals surface area (Å²) in [6.07, 6.45) is 3.67. The lowest BCUT2D eigenvalue weighted by molar-refractivity contribution is 0.0915. The normalized spacial score (nSPS) is 15.7. The molecule has 0 radical (unpaired) electrons. The zero-order valence-corrected chi connectivity index (χ0v) is 13.1. The maximum absolute atomic E-state index is 12.4. The molecule has 1 heterocycles. The smallest absolute Gasteiger partial charge is 0.176 e. The monoisotopic (exact) mass is 291 g/mol. The first kappa shape index (κ1) is 15.8. The van der Waals surface area contributed by atoms with Crippen LogP contribution in [0.1, 0.15) is 43.5 Å². The Labute approximate surface area is 127 Å². The van der Waals surface area contributed by atoms with Crippen LogP contribution in [0.25, 0.3) is 0 Å². The van der Waals surface area contributed by atoms with E-state index in [2.05, 4.69) is 4.90 Å². The van der Waals surface area contributed by atoms with Crippen LogP contribution in [-0.2, 0) is 0 Å². The zero-order chi connectivity index (χ0) is 15.1. The maximum atomic E-state index is 12.4. The summed E-state index contributed by atoms with van der Waals surface area (Å²) < 4.78 is 11.1. The standard InChI is InChI=1S/C17H25NO3/c1-3-20-16-9-8-14(12-17(16)21-4-2)15(19)13-18-10-6-5-7-11-18/h8-9,12H,3-7,10-11,13H2,1-2H3. The molecule has 1 aromatic rings. The van der Waals surface area contributed by atoms with Gasteiger partial charge in [0.25, 0.3) is 0 Å². The van der Waals surface area contributed by atoms with E-state index >= 15 is 0 Å². The predicted molar refractivity (Wildman–Crippen MR) is 83.4 cm³/mol. The van der Waals surface area contributed by atoms with E-state index in [0.29, 0.717) is 36.8 Å². The molecular weight excluding hydrogens is 266 g/mol. The van der Waals surface area contributed by atoms with Gasteiger partial charge in [0.15, 0.2) is 17.3 Å². The van der Waals surface area contributed by atoms with Crippen molar-refractivity contribution < 1.29 is 14.3 Å². The Balaban J connectivity index is 2.07. The largest absolute Gasteiger partial charge is 0.490 e. The molecule has 0 spiro atoms. The van der Waals surface area contributed by atoms with Gasteiger partial charge in [0.05, 0.1) is 19.8 Å². The molecule has 0 atom stereocenters. The number of benzene rings is 1. The first-order chi connectivity index (χ1) is 10.2. The molecule has 0 aromatic heterocycles. The highest BCUT2D eigenvalue weighted by Gasteiger charge is 2.16. The second-order valence-electron chi connectivity index (χ2n) is 5.29. The molecule has 0 saturated carbocycles. The Morgan fingerprint density at radius 1 is 1.05 bits per heavy atom. The minimum Gasteiger partial charge on any atom is -0.490 e. The molecule has 1 aliphatic heterocycles. The summed E-state index contributed by atoms with van der Waals surface area (Å²) in [5.41, 5.74) is 0.701. The van der Waals surface area contributed by atoms with Crippen LogP contribution < -0.4 is 9.47 Å². The third-order valence-corrected chi connectivity index (χ3v) is 3.68. The van der Waals surface area contributed by atoms with Crippen molar-refractivity contribution in [3.8, 4) is 11.5 Å². The molecule has 0 N–H and O–H groups in total. The van der Waals surface area contributed by atoms with Gasteiger partial charge in [0, 0.05) is 5.56 Å². The number of likely N-dealkylation sites (tertiary alicyclic amines) is 1. The molecular formula is C17H25NO3. The van der Waals surface area contributed by atoms with Crippen LogP contribution >= 0.6 is 0 Å². The van der Waals surface area contributed by atoms with Crippen molar-refractivity contribution in [2.24, 2.45) is 0 Å². The quantitative estimate of drug-likeness (QED) is 0.723. The Morgan fingerprint density at radius 3 is 2.38 bits per heavy atom. The average molecular weight is 291 g/mol. The number of ketones is 1. The lowest BCUT2D eigenvalue weighted by Crippen LogP contribution is -2.34. The highest BCUT2D eigenvalue weighted by molar-refractivity contribution is 5.98. The van der Waals surface area contributed by atoms with Gasteiger partial charge in [-0.3, -0.25) is 9.69 Å². The van der Waals surface area contributed by atoms with Crippen molar-refractivity contribution in [1.29, 1.82) is 0 Å². The molecule has 21 heavy (non-hydrogen) atoms. The molecule has 0 bridgehead atoms. The number of carbonyl (C=O) groups excluding carboxylic acids is 1. The van der Waals surface area contributed by atoms with E-state index in [1.807, 2.05) is 26.0 Å². The van der Waals surface area contributed by atoms with Crippen LogP contribution in [0.2, 0.25) is 0 Å². The van der Waals surface area contributed by atoms with Crippen LogP contribution in [0.5, 0.6) is 11.5 Å². The minimum atomic E-state index is 0.154. The summed E-state index contributed by atoms with van der Waals surface area (Å²) in [6.45, 7) is 7.57. The number of Topliss-reactive ketones (excluding diaryl/α,β-unsaturated/α-hetero) is 1. The maximum Gasteiger partial charge on any atom is 0.176 e. The third-order valence-electron chi connectivity index (χ3n) is 3.68. The number of hydrogen-bond acceptors (Lipinski definition) is 4. The van der Waals surface area contributed by atoms with E-state index in [1.54, 1.807) is 6.07 Å². The fourth-order valence-electron chi connectivity index (χ4n) is 2.64. The molecule has 0 unspecified atom stereocenters. The molecule has 0 amide bonds. The van der Waals surface area contributed by atoms with E-state index in [-0.39, 0.29) is 5.78 Å². The number of piperidine rings is 1. The Bertz CT molecular complexity index is 467. The summed E-state index contributed by atoms with van der Waals surface area (Å²) in [6, 6.07) is 5.47. The van der Waals surface area contributed by atoms with E-state index < -0.39 is 0 Å². The van der Waals surface area contributed by atoms with Crippen LogP contribution in [0.3, 0.4) is 0 Å². The van der Waals surface area contributed by atoms with Crippen molar-refractivity contribution >= 4 is 5.78 Å². The van der Waals surface area contributed by atoms with Gasteiger partial charge >= 0.3 is 0 Å². The molecule has 1 saturated heterocycles. The zero-order valence-electron chi connectivity index (χ0n) is 13.1. The SMILES string of the molecule is CCOc1ccc(C(=O)CN2CCCCC2)cc1OCC. The number of nitrogens with zero attached hydrogens (tertiary/aromatic N) is 1. The van der Waals surface area contributed by atoms with Gasteiger partial charge in [0.1, 0.15) is 0 Å². The van der Waals surface area contributed by atoms with Crippen molar-refractivity contribution in [1.82, 2.24) is 4.90 Å². The number of carbonyl (C=O) groups is 1. The molecule has 4 heteroatoms. The van der Waals surface area contributed by atoms with Crippen LogP contribution in [0.4, 0.5) is 0 Å². The lowest BCUT2D eigenvalue weighted by atomic mass is 10.1. The Morgan fingerprint density at radius 2 is 1.71 bits per heavy atom. The number of ether oxygens (including phenoxy) is 2. The third kappa shape index (κ3) is 4.46. The highest BCUT2D eigenvalue weighted by Crippen LogP contribution is 2.28. The number of rotatable bonds is 7. The van der Waals surface area contributed by atoms with Crippen molar-refractivity contribution in [3.63, 3.8) is 0 Å². The fourth-order valence-corrected chi connectivity index (χ4v) is 2.64. The molecule has 1 aliphatic rings. The lowest BCUT2D eigenvalue weighted by Gasteiger charge is -2.25. The molecule has 1 aromatic carbocycles. The Hall–Kier alpha value is -1.55. The van der Waals surface area contributed by atoms with Gasteiger partial charge in [0.2, 0.25) is 0 Å². The molecule has 0 aliphatic carbocycles. The second-order valence-corrected chi connectivity index (χ2v) is 5.29. The van der Waals surface area contributed by atoms with Gasteiger partial charge in [-0.1, -0.05) is 6.42 Å². The molecule has 4 nitrogen and oxygen atoms in total. The average Bonchev–Trinajstić information content (AvgIpc) is 2.50. The van der Waals surface area contributed by atoms with Gasteiger partial charge in [-0.2, -0.15) is 0 Å². The summed E-state index contributed by atoms with van der Waals surface area (Å²) in [5, 5.41) is 0. The van der Waals surface area contributed by atoms with Gasteiger partial charge < -0.3 is 9.47 Å². The second kappa shape index (κ2) is 8.03. The van der Waals surface area contributed by atoms with Crippen LogP contribution in [-0.4, -0.2) is 43.5 Å². The first-order valence-corrected chi connectivity index (χ1v) is 7.89. The van der Waals surface area contributed by atoms with Gasteiger partial charge in [-0.25, -0.2) is 0 Å². The fraction of sp³-hybridized carbons (Fsp3) is 0.588. The molecule has 1 fully saturated rings. The van der Waals surface area contributed by atoms with Crippen molar-refractivity contribution in [2.75, 3.05) is 32.8 Å². The van der Waals surface area contributed by atoms with Gasteiger partial charge in [-0.15, -0.1) is 0 Å². The summed E-state index contributed by atoms with van der Waals surface area (Å²) in [5.74, 6) is 1.51. The highest BCUT2D eigenvalue weighted by atomic mass is 16.5. The first-order valence-electron chi connectivity index (χ1n) is 7.89. The van der Waals surface area contributed by atoms with Crippen LogP contribution in [0, 0.1) is 0 Å². The summed E-state index contributed by atoms with van der Waals surface area (Å²) in [4.78, 5) is 14.6. The summed E-state index contributed by atoms with van der Waals surface area (Å²) >= 11 is 0. The van der Waals surface area contributed by atoms with Gasteiger partial charge in [-0.05, 0) is 58.0 Å². The summed E-state index contributed by atoms with van der Waals surface area (Å²) in [7, 11) is 0. The minimum absolute atomic E-state index is 0.154. The molecule has 2 rings (SSSR count). The van der Waals surface area contributed by atoms with Crippen LogP contribution in [0.15, 0.2) is 18.2 Å². The van der Waals surface area contributed by atoms with E-state index in [4.69, 9.17) is 9.47 Å². The molecule has 116 valence electrons. The Kier molecular flexibility index (Phi) is 6.05. The topological polar surface area (TPSA) is 38.8 Å².